The number of thiocarbonyl (C=S) groups is 1. The summed E-state index contributed by atoms with van der Waals surface area (Å²) in [5.41, 5.74) is 3.42. The van der Waals surface area contributed by atoms with E-state index in [1.165, 1.54) is 4.90 Å². The van der Waals surface area contributed by atoms with Crippen molar-refractivity contribution in [1.82, 2.24) is 9.88 Å². The molecule has 1 aromatic heterocycles. The Morgan fingerprint density at radius 2 is 1.50 bits per heavy atom. The minimum Gasteiger partial charge on any atom is -0.457 e. The van der Waals surface area contributed by atoms with Crippen LogP contribution in [-0.2, 0) is 16.6 Å². The number of anilines is 1. The van der Waals surface area contributed by atoms with E-state index in [1.807, 2.05) is 61.6 Å². The van der Waals surface area contributed by atoms with Gasteiger partial charge in [0.05, 0.1) is 5.69 Å². The van der Waals surface area contributed by atoms with Crippen molar-refractivity contribution in [2.75, 3.05) is 4.90 Å². The monoisotopic (exact) mass is 581 g/mol. The van der Waals surface area contributed by atoms with Crippen LogP contribution in [0.15, 0.2) is 101 Å². The van der Waals surface area contributed by atoms with E-state index in [9.17, 15) is 9.59 Å². The molecule has 186 valence electrons. The predicted octanol–water partition coefficient (Wildman–Crippen LogP) is 6.72. The molecule has 5 aromatic rings. The van der Waals surface area contributed by atoms with Crippen LogP contribution in [0, 0.1) is 0 Å². The molecular weight excluding hydrogens is 562 g/mol. The van der Waals surface area contributed by atoms with Crippen LogP contribution < -0.4 is 15.0 Å². The maximum absolute atomic E-state index is 13.5. The summed E-state index contributed by atoms with van der Waals surface area (Å²) >= 11 is 8.91. The van der Waals surface area contributed by atoms with Crippen molar-refractivity contribution in [3.8, 4) is 11.5 Å². The average Bonchev–Trinajstić information content (AvgIpc) is 3.18. The third-order valence-corrected chi connectivity index (χ3v) is 7.26. The highest BCUT2D eigenvalue weighted by atomic mass is 79.9. The molecule has 6 nitrogen and oxygen atoms in total. The number of fused-ring (bicyclic) bond motifs is 3. The van der Waals surface area contributed by atoms with Gasteiger partial charge in [0.2, 0.25) is 0 Å². The van der Waals surface area contributed by atoms with Gasteiger partial charge in [0, 0.05) is 33.3 Å². The van der Waals surface area contributed by atoms with E-state index < -0.39 is 11.8 Å². The molecular formula is C30H20BrN3O3S. The molecule has 1 aliphatic rings. The molecule has 4 aromatic carbocycles. The Morgan fingerprint density at radius 1 is 0.842 bits per heavy atom. The Hall–Kier alpha value is -4.27. The molecule has 2 heterocycles. The van der Waals surface area contributed by atoms with Crippen molar-refractivity contribution in [2.45, 2.75) is 0 Å². The number of rotatable bonds is 4. The van der Waals surface area contributed by atoms with Crippen LogP contribution in [0.25, 0.3) is 27.9 Å². The minimum absolute atomic E-state index is 0.00368. The number of nitrogens with one attached hydrogen (secondary N) is 1. The van der Waals surface area contributed by atoms with Crippen molar-refractivity contribution >= 4 is 78.6 Å². The summed E-state index contributed by atoms with van der Waals surface area (Å²) in [5.74, 6) is 0.306. The maximum Gasteiger partial charge on any atom is 0.270 e. The molecule has 0 atom stereocenters. The fourth-order valence-corrected chi connectivity index (χ4v) is 5.29. The number of carbonyl (C=O) groups is 2. The fraction of sp³-hybridized carbons (Fsp3) is 0.0333. The second-order valence-corrected chi connectivity index (χ2v) is 10.2. The molecule has 1 saturated heterocycles. The summed E-state index contributed by atoms with van der Waals surface area (Å²) in [4.78, 5) is 27.7. The SMILES string of the molecule is Cn1c2ccc(Br)cc2c2cc(/C=C3\C(=O)NC(=S)N(c4ccc(Oc5ccccc5)cc4)C3=O)ccc21. The van der Waals surface area contributed by atoms with Crippen LogP contribution in [0.5, 0.6) is 11.5 Å². The Labute approximate surface area is 232 Å². The second-order valence-electron chi connectivity index (χ2n) is 8.86. The third-order valence-electron chi connectivity index (χ3n) is 6.48. The van der Waals surface area contributed by atoms with Crippen molar-refractivity contribution in [3.63, 3.8) is 0 Å². The van der Waals surface area contributed by atoms with Crippen molar-refractivity contribution in [3.05, 3.63) is 107 Å². The first-order valence-electron chi connectivity index (χ1n) is 11.8. The summed E-state index contributed by atoms with van der Waals surface area (Å²) < 4.78 is 8.95. The van der Waals surface area contributed by atoms with Crippen LogP contribution in [0.3, 0.4) is 0 Å². The van der Waals surface area contributed by atoms with Gasteiger partial charge in [0.1, 0.15) is 17.1 Å². The van der Waals surface area contributed by atoms with Crippen LogP contribution in [-0.4, -0.2) is 21.5 Å². The van der Waals surface area contributed by atoms with Gasteiger partial charge < -0.3 is 9.30 Å². The van der Waals surface area contributed by atoms with Crippen LogP contribution in [0.4, 0.5) is 5.69 Å². The zero-order valence-corrected chi connectivity index (χ0v) is 22.5. The molecule has 6 rings (SSSR count). The Balaban J connectivity index is 1.33. The first-order chi connectivity index (χ1) is 18.4. The van der Waals surface area contributed by atoms with Gasteiger partial charge in [0.15, 0.2) is 5.11 Å². The molecule has 0 aliphatic carbocycles. The summed E-state index contributed by atoms with van der Waals surface area (Å²) in [6, 6.07) is 28.4. The van der Waals surface area contributed by atoms with Crippen LogP contribution in [0.2, 0.25) is 0 Å². The van der Waals surface area contributed by atoms with Gasteiger partial charge >= 0.3 is 0 Å². The first-order valence-corrected chi connectivity index (χ1v) is 13.0. The minimum atomic E-state index is -0.527. The number of benzene rings is 4. The van der Waals surface area contributed by atoms with Crippen LogP contribution in [0.1, 0.15) is 5.56 Å². The van der Waals surface area contributed by atoms with E-state index in [2.05, 4.69) is 37.9 Å². The van der Waals surface area contributed by atoms with E-state index in [1.54, 1.807) is 30.3 Å². The summed E-state index contributed by atoms with van der Waals surface area (Å²) in [7, 11) is 2.02. The zero-order valence-electron chi connectivity index (χ0n) is 20.1. The lowest BCUT2D eigenvalue weighted by atomic mass is 10.0. The van der Waals surface area contributed by atoms with E-state index in [-0.39, 0.29) is 10.7 Å². The normalized spacial score (nSPS) is 14.9. The number of amides is 2. The standard InChI is InChI=1S/C30H20BrN3O3S/c1-33-26-13-7-18(15-23(26)24-17-19(31)8-14-27(24)33)16-25-28(35)32-30(38)34(29(25)36)20-9-11-22(12-10-20)37-21-5-3-2-4-6-21/h2-17H,1H3,(H,32,35,38)/b25-16+. The van der Waals surface area contributed by atoms with Gasteiger partial charge in [-0.1, -0.05) is 40.2 Å². The Morgan fingerprint density at radius 3 is 2.24 bits per heavy atom. The highest BCUT2D eigenvalue weighted by Gasteiger charge is 2.34. The molecule has 0 radical (unpaired) electrons. The summed E-state index contributed by atoms with van der Waals surface area (Å²) in [6.45, 7) is 0. The number of hydrogen-bond acceptors (Lipinski definition) is 4. The molecule has 1 fully saturated rings. The van der Waals surface area contributed by atoms with Gasteiger partial charge in [-0.25, -0.2) is 0 Å². The number of hydrogen-bond donors (Lipinski definition) is 1. The van der Waals surface area contributed by atoms with Crippen molar-refractivity contribution in [2.24, 2.45) is 7.05 Å². The lowest BCUT2D eigenvalue weighted by molar-refractivity contribution is -0.122. The van der Waals surface area contributed by atoms with E-state index >= 15 is 0 Å². The molecule has 0 saturated carbocycles. The number of carbonyl (C=O) groups excluding carboxylic acids is 2. The lowest BCUT2D eigenvalue weighted by Gasteiger charge is -2.29. The van der Waals surface area contributed by atoms with Crippen LogP contribution >= 0.6 is 28.1 Å². The molecule has 38 heavy (non-hydrogen) atoms. The number of ether oxygens (including phenoxy) is 1. The fourth-order valence-electron chi connectivity index (χ4n) is 4.64. The van der Waals surface area contributed by atoms with Gasteiger partial charge in [-0.15, -0.1) is 0 Å². The third kappa shape index (κ3) is 4.27. The van der Waals surface area contributed by atoms with Gasteiger partial charge in [-0.05, 0) is 90.6 Å². The molecule has 0 bridgehead atoms. The molecule has 1 N–H and O–H groups in total. The molecule has 2 amide bonds. The Kier molecular flexibility index (Phi) is 6.06. The van der Waals surface area contributed by atoms with Crippen molar-refractivity contribution < 1.29 is 14.3 Å². The Bertz CT molecular complexity index is 1790. The van der Waals surface area contributed by atoms with E-state index in [0.29, 0.717) is 17.2 Å². The molecule has 8 heteroatoms. The first kappa shape index (κ1) is 24.1. The van der Waals surface area contributed by atoms with E-state index in [0.717, 1.165) is 31.8 Å². The lowest BCUT2D eigenvalue weighted by Crippen LogP contribution is -2.54. The van der Waals surface area contributed by atoms with E-state index in [4.69, 9.17) is 17.0 Å². The van der Waals surface area contributed by atoms with Crippen molar-refractivity contribution in [1.29, 1.82) is 0 Å². The smallest absolute Gasteiger partial charge is 0.270 e. The molecule has 0 spiro atoms. The second kappa shape index (κ2) is 9.55. The number of nitrogens with zero attached hydrogens (tertiary/aromatic N) is 2. The number of para-hydroxylation sites is 1. The zero-order chi connectivity index (χ0) is 26.4. The number of aryl methyl sites for hydroxylation is 1. The van der Waals surface area contributed by atoms with Gasteiger partial charge in [-0.3, -0.25) is 19.8 Å². The highest BCUT2D eigenvalue weighted by Crippen LogP contribution is 2.32. The highest BCUT2D eigenvalue weighted by molar-refractivity contribution is 9.10. The molecule has 0 unspecified atom stereocenters. The molecule has 1 aliphatic heterocycles. The topological polar surface area (TPSA) is 63.6 Å². The largest absolute Gasteiger partial charge is 0.457 e. The average molecular weight is 582 g/mol. The predicted molar refractivity (Wildman–Crippen MR) is 157 cm³/mol. The summed E-state index contributed by atoms with van der Waals surface area (Å²) in [5, 5.41) is 4.79. The van der Waals surface area contributed by atoms with Gasteiger partial charge in [0.25, 0.3) is 11.8 Å². The quantitative estimate of drug-likeness (QED) is 0.145. The maximum atomic E-state index is 13.5. The number of aromatic nitrogens is 1. The van der Waals surface area contributed by atoms with Gasteiger partial charge in [-0.2, -0.15) is 0 Å². The summed E-state index contributed by atoms with van der Waals surface area (Å²) in [6.07, 6.45) is 1.61. The number of halogens is 1.